The molecule has 0 atom stereocenters. The van der Waals surface area contributed by atoms with Gasteiger partial charge in [0.1, 0.15) is 0 Å². The zero-order valence-corrected chi connectivity index (χ0v) is 10.6. The Morgan fingerprint density at radius 3 is 2.71 bits per heavy atom. The fraction of sp³-hybridized carbons (Fsp3) is 0.500. The molecule has 0 unspecified atom stereocenters. The summed E-state index contributed by atoms with van der Waals surface area (Å²) in [7, 11) is 1.82. The minimum Gasteiger partial charge on any atom is -0.335 e. The number of nitrogens with one attached hydrogen (secondary N) is 1. The molecule has 92 valence electrons. The Bertz CT molecular complexity index is 397. The Hall–Kier alpha value is -1.51. The van der Waals surface area contributed by atoms with Crippen LogP contribution in [0.25, 0.3) is 0 Å². The molecule has 3 nitrogen and oxygen atoms in total. The maximum absolute atomic E-state index is 12.0. The van der Waals surface area contributed by atoms with Crippen LogP contribution in [-0.4, -0.2) is 19.1 Å². The van der Waals surface area contributed by atoms with E-state index in [1.165, 1.54) is 18.4 Å². The lowest BCUT2D eigenvalue weighted by atomic mass is 10.2. The highest BCUT2D eigenvalue weighted by Gasteiger charge is 2.19. The fourth-order valence-electron chi connectivity index (χ4n) is 2.30. The lowest BCUT2D eigenvalue weighted by Gasteiger charge is -2.21. The number of rotatable bonds is 2. The summed E-state index contributed by atoms with van der Waals surface area (Å²) in [6, 6.07) is 8.36. The van der Waals surface area contributed by atoms with Crippen LogP contribution in [-0.2, 0) is 0 Å². The number of urea groups is 1. The van der Waals surface area contributed by atoms with Crippen molar-refractivity contribution in [2.24, 2.45) is 0 Å². The van der Waals surface area contributed by atoms with Crippen LogP contribution < -0.4 is 10.2 Å². The lowest BCUT2D eigenvalue weighted by Crippen LogP contribution is -2.42. The maximum atomic E-state index is 12.0. The van der Waals surface area contributed by atoms with Gasteiger partial charge in [0.2, 0.25) is 0 Å². The van der Waals surface area contributed by atoms with E-state index in [2.05, 4.69) is 5.32 Å². The van der Waals surface area contributed by atoms with Crippen LogP contribution in [0, 0.1) is 6.92 Å². The SMILES string of the molecule is Cc1cccc(N(C)C(=O)NC2CCCC2)c1. The van der Waals surface area contributed by atoms with Crippen molar-refractivity contribution >= 4 is 11.7 Å². The first-order valence-electron chi connectivity index (χ1n) is 6.28. The molecule has 0 bridgehead atoms. The van der Waals surface area contributed by atoms with E-state index in [9.17, 15) is 4.79 Å². The molecule has 1 aromatic carbocycles. The average molecular weight is 232 g/mol. The van der Waals surface area contributed by atoms with Crippen LogP contribution >= 0.6 is 0 Å². The molecule has 0 spiro atoms. The largest absolute Gasteiger partial charge is 0.335 e. The molecular formula is C14H20N2O. The van der Waals surface area contributed by atoms with E-state index in [0.29, 0.717) is 6.04 Å². The van der Waals surface area contributed by atoms with E-state index >= 15 is 0 Å². The molecule has 0 saturated heterocycles. The second-order valence-corrected chi connectivity index (χ2v) is 4.83. The smallest absolute Gasteiger partial charge is 0.321 e. The minimum absolute atomic E-state index is 0.00231. The molecule has 1 aromatic rings. The summed E-state index contributed by atoms with van der Waals surface area (Å²) in [5.41, 5.74) is 2.11. The molecule has 0 radical (unpaired) electrons. The number of carbonyl (C=O) groups is 1. The Labute approximate surface area is 103 Å². The summed E-state index contributed by atoms with van der Waals surface area (Å²) in [5, 5.41) is 3.08. The van der Waals surface area contributed by atoms with Gasteiger partial charge in [-0.3, -0.25) is 4.90 Å². The third-order valence-electron chi connectivity index (χ3n) is 3.38. The van der Waals surface area contributed by atoms with Crippen LogP contribution in [0.2, 0.25) is 0 Å². The van der Waals surface area contributed by atoms with Gasteiger partial charge in [0.15, 0.2) is 0 Å². The van der Waals surface area contributed by atoms with E-state index in [4.69, 9.17) is 0 Å². The molecule has 0 heterocycles. The first-order valence-corrected chi connectivity index (χ1v) is 6.28. The molecule has 3 heteroatoms. The molecule has 1 aliphatic rings. The van der Waals surface area contributed by atoms with Crippen LogP contribution in [0.4, 0.5) is 10.5 Å². The van der Waals surface area contributed by atoms with Crippen molar-refractivity contribution in [3.8, 4) is 0 Å². The van der Waals surface area contributed by atoms with Crippen LogP contribution in [0.5, 0.6) is 0 Å². The second-order valence-electron chi connectivity index (χ2n) is 4.83. The predicted molar refractivity (Wildman–Crippen MR) is 70.4 cm³/mol. The molecule has 0 aromatic heterocycles. The highest BCUT2D eigenvalue weighted by Crippen LogP contribution is 2.19. The zero-order valence-electron chi connectivity index (χ0n) is 10.6. The number of carbonyl (C=O) groups excluding carboxylic acids is 1. The summed E-state index contributed by atoms with van der Waals surface area (Å²) in [5.74, 6) is 0. The van der Waals surface area contributed by atoms with Gasteiger partial charge in [0, 0.05) is 18.8 Å². The quantitative estimate of drug-likeness (QED) is 0.835. The molecule has 2 rings (SSSR count). The number of amides is 2. The topological polar surface area (TPSA) is 32.3 Å². The maximum Gasteiger partial charge on any atom is 0.321 e. The third kappa shape index (κ3) is 2.99. The Morgan fingerprint density at radius 2 is 2.06 bits per heavy atom. The van der Waals surface area contributed by atoms with Gasteiger partial charge in [-0.15, -0.1) is 0 Å². The van der Waals surface area contributed by atoms with Crippen LogP contribution in [0.15, 0.2) is 24.3 Å². The number of anilines is 1. The zero-order chi connectivity index (χ0) is 12.3. The Kier molecular flexibility index (Phi) is 3.67. The van der Waals surface area contributed by atoms with E-state index < -0.39 is 0 Å². The van der Waals surface area contributed by atoms with Crippen LogP contribution in [0.1, 0.15) is 31.2 Å². The van der Waals surface area contributed by atoms with Gasteiger partial charge in [0.05, 0.1) is 0 Å². The van der Waals surface area contributed by atoms with Crippen molar-refractivity contribution in [2.75, 3.05) is 11.9 Å². The summed E-state index contributed by atoms with van der Waals surface area (Å²) in [6.07, 6.45) is 4.71. The first-order chi connectivity index (χ1) is 8.16. The standard InChI is InChI=1S/C14H20N2O/c1-11-6-5-9-13(10-11)16(2)14(17)15-12-7-3-4-8-12/h5-6,9-10,12H,3-4,7-8H2,1-2H3,(H,15,17). The molecule has 17 heavy (non-hydrogen) atoms. The number of hydrogen-bond donors (Lipinski definition) is 1. The van der Waals surface area contributed by atoms with Gasteiger partial charge < -0.3 is 5.32 Å². The van der Waals surface area contributed by atoms with Crippen LogP contribution in [0.3, 0.4) is 0 Å². The predicted octanol–water partition coefficient (Wildman–Crippen LogP) is 3.08. The summed E-state index contributed by atoms with van der Waals surface area (Å²) >= 11 is 0. The summed E-state index contributed by atoms with van der Waals surface area (Å²) < 4.78 is 0. The molecule has 1 N–H and O–H groups in total. The fourth-order valence-corrected chi connectivity index (χ4v) is 2.30. The summed E-state index contributed by atoms with van der Waals surface area (Å²) in [4.78, 5) is 13.7. The van der Waals surface area contributed by atoms with Crippen molar-refractivity contribution in [1.29, 1.82) is 0 Å². The average Bonchev–Trinajstić information content (AvgIpc) is 2.80. The highest BCUT2D eigenvalue weighted by atomic mass is 16.2. The van der Waals surface area contributed by atoms with Crippen molar-refractivity contribution in [3.63, 3.8) is 0 Å². The molecular weight excluding hydrogens is 212 g/mol. The molecule has 1 saturated carbocycles. The number of benzene rings is 1. The van der Waals surface area contributed by atoms with E-state index in [1.54, 1.807) is 4.90 Å². The molecule has 1 fully saturated rings. The van der Waals surface area contributed by atoms with E-state index in [0.717, 1.165) is 18.5 Å². The van der Waals surface area contributed by atoms with Gasteiger partial charge in [-0.05, 0) is 37.5 Å². The van der Waals surface area contributed by atoms with Gasteiger partial charge in [-0.25, -0.2) is 4.79 Å². The van der Waals surface area contributed by atoms with Gasteiger partial charge >= 0.3 is 6.03 Å². The van der Waals surface area contributed by atoms with Gasteiger partial charge in [0.25, 0.3) is 0 Å². The first kappa shape index (κ1) is 12.0. The van der Waals surface area contributed by atoms with Crippen molar-refractivity contribution in [2.45, 2.75) is 38.6 Å². The number of hydrogen-bond acceptors (Lipinski definition) is 1. The molecule has 0 aliphatic heterocycles. The van der Waals surface area contributed by atoms with Gasteiger partial charge in [-0.1, -0.05) is 25.0 Å². The van der Waals surface area contributed by atoms with E-state index in [-0.39, 0.29) is 6.03 Å². The number of aryl methyl sites for hydroxylation is 1. The Morgan fingerprint density at radius 1 is 1.35 bits per heavy atom. The molecule has 1 aliphatic carbocycles. The molecule has 2 amide bonds. The summed E-state index contributed by atoms with van der Waals surface area (Å²) in [6.45, 7) is 2.03. The lowest BCUT2D eigenvalue weighted by molar-refractivity contribution is 0.244. The normalized spacial score (nSPS) is 15.9. The minimum atomic E-state index is 0.00231. The van der Waals surface area contributed by atoms with Gasteiger partial charge in [-0.2, -0.15) is 0 Å². The monoisotopic (exact) mass is 232 g/mol. The van der Waals surface area contributed by atoms with E-state index in [1.807, 2.05) is 38.2 Å². The van der Waals surface area contributed by atoms with Crippen molar-refractivity contribution in [3.05, 3.63) is 29.8 Å². The Balaban J connectivity index is 1.98. The van der Waals surface area contributed by atoms with Crippen molar-refractivity contribution in [1.82, 2.24) is 5.32 Å². The van der Waals surface area contributed by atoms with Crippen molar-refractivity contribution < 1.29 is 4.79 Å². The number of nitrogens with zero attached hydrogens (tertiary/aromatic N) is 1. The highest BCUT2D eigenvalue weighted by molar-refractivity contribution is 5.91. The third-order valence-corrected chi connectivity index (χ3v) is 3.38. The second kappa shape index (κ2) is 5.21.